The normalized spacial score (nSPS) is 32.1. The van der Waals surface area contributed by atoms with Gasteiger partial charge in [-0.05, 0) is 68.1 Å². The minimum absolute atomic E-state index is 0.0205. The van der Waals surface area contributed by atoms with E-state index >= 15 is 0 Å². The molecule has 2 saturated carbocycles. The molecule has 1 aromatic heterocycles. The smallest absolute Gasteiger partial charge is 0.225 e. The summed E-state index contributed by atoms with van der Waals surface area (Å²) in [6, 6.07) is 4.17. The van der Waals surface area contributed by atoms with Gasteiger partial charge >= 0.3 is 0 Å². The topological polar surface area (TPSA) is 71.2 Å². The van der Waals surface area contributed by atoms with E-state index in [2.05, 4.69) is 21.3 Å². The van der Waals surface area contributed by atoms with Gasteiger partial charge in [0.05, 0.1) is 5.92 Å². The van der Waals surface area contributed by atoms with Crippen LogP contribution in [0.2, 0.25) is 0 Å². The molecule has 3 N–H and O–H groups in total. The number of pyridine rings is 1. The first-order valence-electron chi connectivity index (χ1n) is 9.45. The van der Waals surface area contributed by atoms with Crippen molar-refractivity contribution in [1.82, 2.24) is 10.3 Å². The Bertz CT molecular complexity index is 597. The van der Waals surface area contributed by atoms with Gasteiger partial charge in [0, 0.05) is 31.9 Å². The van der Waals surface area contributed by atoms with Gasteiger partial charge in [0.15, 0.2) is 0 Å². The molecule has 5 heteroatoms. The molecule has 3 aliphatic rings. The molecular weight excluding hydrogens is 300 g/mol. The highest BCUT2D eigenvalue weighted by atomic mass is 16.1. The van der Waals surface area contributed by atoms with Gasteiger partial charge in [0.25, 0.3) is 0 Å². The van der Waals surface area contributed by atoms with Gasteiger partial charge in [-0.1, -0.05) is 0 Å². The first kappa shape index (κ1) is 15.9. The fourth-order valence-electron chi connectivity index (χ4n) is 4.90. The van der Waals surface area contributed by atoms with Crippen molar-refractivity contribution in [3.63, 3.8) is 0 Å². The second-order valence-corrected chi connectivity index (χ2v) is 7.72. The van der Waals surface area contributed by atoms with Crippen LogP contribution in [-0.2, 0) is 11.3 Å². The molecule has 4 atom stereocenters. The van der Waals surface area contributed by atoms with Gasteiger partial charge < -0.3 is 16.0 Å². The molecule has 0 radical (unpaired) electrons. The van der Waals surface area contributed by atoms with Crippen LogP contribution in [0.15, 0.2) is 18.3 Å². The second-order valence-electron chi connectivity index (χ2n) is 7.72. The zero-order valence-corrected chi connectivity index (χ0v) is 14.3. The Morgan fingerprint density at radius 3 is 2.79 bits per heavy atom. The quantitative estimate of drug-likeness (QED) is 0.887. The highest BCUT2D eigenvalue weighted by Crippen LogP contribution is 2.47. The lowest BCUT2D eigenvalue weighted by molar-refractivity contribution is -0.127. The van der Waals surface area contributed by atoms with Crippen molar-refractivity contribution in [2.24, 2.45) is 23.5 Å². The van der Waals surface area contributed by atoms with Crippen molar-refractivity contribution >= 4 is 11.7 Å². The van der Waals surface area contributed by atoms with Crippen LogP contribution in [0.25, 0.3) is 0 Å². The Labute approximate surface area is 144 Å². The van der Waals surface area contributed by atoms with E-state index in [1.165, 1.54) is 32.1 Å². The van der Waals surface area contributed by atoms with E-state index in [0.717, 1.165) is 30.9 Å². The van der Waals surface area contributed by atoms with E-state index in [1.807, 2.05) is 12.3 Å². The van der Waals surface area contributed by atoms with Crippen molar-refractivity contribution < 1.29 is 4.79 Å². The summed E-state index contributed by atoms with van der Waals surface area (Å²) in [6.45, 7) is 2.74. The number of fused-ring (bicyclic) bond motifs is 2. The molecule has 1 aliphatic heterocycles. The van der Waals surface area contributed by atoms with E-state index < -0.39 is 0 Å². The summed E-state index contributed by atoms with van der Waals surface area (Å²) in [5.41, 5.74) is 7.40. The molecule has 2 heterocycles. The average molecular weight is 328 g/mol. The lowest BCUT2D eigenvalue weighted by Gasteiger charge is -2.28. The minimum atomic E-state index is 0.0205. The number of hydrogen-bond donors (Lipinski definition) is 2. The van der Waals surface area contributed by atoms with Crippen LogP contribution in [0.3, 0.4) is 0 Å². The Kier molecular flexibility index (Phi) is 4.44. The maximum absolute atomic E-state index is 12.6. The van der Waals surface area contributed by atoms with Crippen LogP contribution in [-0.4, -0.2) is 30.0 Å². The molecule has 4 rings (SSSR count). The van der Waals surface area contributed by atoms with Crippen LogP contribution in [0.4, 0.5) is 5.82 Å². The summed E-state index contributed by atoms with van der Waals surface area (Å²) in [6.07, 6.45) is 9.18. The Hall–Kier alpha value is -1.62. The number of nitrogens with two attached hydrogens (primary N) is 1. The first-order chi connectivity index (χ1) is 11.7. The van der Waals surface area contributed by atoms with Crippen molar-refractivity contribution in [3.8, 4) is 0 Å². The standard InChI is InChI=1S/C19H28N4O/c20-18-15-5-4-14(11-15)17(18)19(24)22-12-13-6-7-21-16(10-13)23-8-2-1-3-9-23/h6-7,10,14-15,17-18H,1-5,8-9,11-12,20H2,(H,22,24). The fraction of sp³-hybridized carbons (Fsp3) is 0.684. The molecule has 3 fully saturated rings. The van der Waals surface area contributed by atoms with Crippen molar-refractivity contribution in [2.45, 2.75) is 51.1 Å². The monoisotopic (exact) mass is 328 g/mol. The van der Waals surface area contributed by atoms with Gasteiger partial charge in [-0.25, -0.2) is 4.98 Å². The number of nitrogens with zero attached hydrogens (tertiary/aromatic N) is 2. The van der Waals surface area contributed by atoms with E-state index in [4.69, 9.17) is 5.73 Å². The van der Waals surface area contributed by atoms with Gasteiger partial charge in [0.1, 0.15) is 5.82 Å². The second kappa shape index (κ2) is 6.71. The summed E-state index contributed by atoms with van der Waals surface area (Å²) in [4.78, 5) is 19.4. The molecule has 0 aromatic carbocycles. The van der Waals surface area contributed by atoms with Crippen LogP contribution in [0.1, 0.15) is 44.1 Å². The van der Waals surface area contributed by atoms with Gasteiger partial charge in [-0.3, -0.25) is 4.79 Å². The van der Waals surface area contributed by atoms with Crippen LogP contribution in [0, 0.1) is 17.8 Å². The summed E-state index contributed by atoms with van der Waals surface area (Å²) in [5.74, 6) is 2.28. The molecule has 1 aromatic rings. The number of carbonyl (C=O) groups excluding carboxylic acids is 1. The third kappa shape index (κ3) is 3.02. The number of hydrogen-bond acceptors (Lipinski definition) is 4. The third-order valence-electron chi connectivity index (χ3n) is 6.24. The third-order valence-corrected chi connectivity index (χ3v) is 6.24. The molecule has 1 saturated heterocycles. The maximum Gasteiger partial charge on any atom is 0.225 e. The number of carbonyl (C=O) groups is 1. The fourth-order valence-corrected chi connectivity index (χ4v) is 4.90. The van der Waals surface area contributed by atoms with Gasteiger partial charge in [-0.15, -0.1) is 0 Å². The van der Waals surface area contributed by atoms with Crippen LogP contribution >= 0.6 is 0 Å². The molecule has 0 spiro atoms. The number of piperidine rings is 1. The van der Waals surface area contributed by atoms with Gasteiger partial charge in [-0.2, -0.15) is 0 Å². The summed E-state index contributed by atoms with van der Waals surface area (Å²) in [5, 5.41) is 3.12. The SMILES string of the molecule is NC1C2CCC(C2)C1C(=O)NCc1ccnc(N2CCCCC2)c1. The van der Waals surface area contributed by atoms with E-state index in [-0.39, 0.29) is 17.9 Å². The first-order valence-corrected chi connectivity index (χ1v) is 9.45. The van der Waals surface area contributed by atoms with E-state index in [9.17, 15) is 4.79 Å². The van der Waals surface area contributed by atoms with Crippen molar-refractivity contribution in [3.05, 3.63) is 23.9 Å². The number of nitrogens with one attached hydrogen (secondary N) is 1. The molecule has 24 heavy (non-hydrogen) atoms. The summed E-state index contributed by atoms with van der Waals surface area (Å²) >= 11 is 0. The molecule has 130 valence electrons. The largest absolute Gasteiger partial charge is 0.357 e. The predicted octanol–water partition coefficient (Wildman–Crippen LogP) is 2.06. The lowest BCUT2D eigenvalue weighted by Crippen LogP contribution is -2.45. The van der Waals surface area contributed by atoms with Crippen molar-refractivity contribution in [2.75, 3.05) is 18.0 Å². The highest BCUT2D eigenvalue weighted by molar-refractivity contribution is 5.80. The van der Waals surface area contributed by atoms with E-state index in [0.29, 0.717) is 18.4 Å². The maximum atomic E-state index is 12.6. The number of anilines is 1. The zero-order valence-electron chi connectivity index (χ0n) is 14.3. The van der Waals surface area contributed by atoms with Gasteiger partial charge in [0.2, 0.25) is 5.91 Å². The summed E-state index contributed by atoms with van der Waals surface area (Å²) < 4.78 is 0. The zero-order chi connectivity index (χ0) is 16.5. The Balaban J connectivity index is 1.36. The van der Waals surface area contributed by atoms with Crippen LogP contribution in [0.5, 0.6) is 0 Å². The molecule has 1 amide bonds. The highest BCUT2D eigenvalue weighted by Gasteiger charge is 2.48. The Morgan fingerprint density at radius 1 is 1.25 bits per heavy atom. The minimum Gasteiger partial charge on any atom is -0.357 e. The summed E-state index contributed by atoms with van der Waals surface area (Å²) in [7, 11) is 0. The Morgan fingerprint density at radius 2 is 2.04 bits per heavy atom. The molecule has 5 nitrogen and oxygen atoms in total. The van der Waals surface area contributed by atoms with Crippen molar-refractivity contribution in [1.29, 1.82) is 0 Å². The number of amides is 1. The molecule has 2 bridgehead atoms. The molecule has 2 aliphatic carbocycles. The average Bonchev–Trinajstić information content (AvgIpc) is 3.22. The predicted molar refractivity (Wildman–Crippen MR) is 94.4 cm³/mol. The van der Waals surface area contributed by atoms with Crippen LogP contribution < -0.4 is 16.0 Å². The molecular formula is C19H28N4O. The molecule has 4 unspecified atom stereocenters. The number of rotatable bonds is 4. The lowest BCUT2D eigenvalue weighted by atomic mass is 9.84. The van der Waals surface area contributed by atoms with E-state index in [1.54, 1.807) is 0 Å². The number of aromatic nitrogens is 1.